The van der Waals surface area contributed by atoms with Crippen LogP contribution >= 0.6 is 22.9 Å². The number of piperidine rings is 1. The Morgan fingerprint density at radius 1 is 1.16 bits per heavy atom. The molecule has 2 aliphatic rings. The van der Waals surface area contributed by atoms with Crippen molar-refractivity contribution in [2.75, 3.05) is 38.8 Å². The van der Waals surface area contributed by atoms with Crippen molar-refractivity contribution in [3.05, 3.63) is 74.1 Å². The number of thiazole rings is 1. The van der Waals surface area contributed by atoms with Gasteiger partial charge >= 0.3 is 11.9 Å². The van der Waals surface area contributed by atoms with Gasteiger partial charge in [0, 0.05) is 41.8 Å². The number of aromatic nitrogens is 3. The molecular formula is C28H27ClF2N6O5S. The van der Waals surface area contributed by atoms with Crippen LogP contribution in [0.5, 0.6) is 5.88 Å². The van der Waals surface area contributed by atoms with Crippen molar-refractivity contribution >= 4 is 46.5 Å². The van der Waals surface area contributed by atoms with Crippen LogP contribution in [0, 0.1) is 17.6 Å². The molecule has 1 aromatic carbocycles. The zero-order valence-corrected chi connectivity index (χ0v) is 25.0. The van der Waals surface area contributed by atoms with Gasteiger partial charge in [-0.3, -0.25) is 4.99 Å². The molecule has 0 saturated carbocycles. The Bertz CT molecular complexity index is 1590. The summed E-state index contributed by atoms with van der Waals surface area (Å²) in [6.07, 6.45) is 4.23. The van der Waals surface area contributed by atoms with Gasteiger partial charge in [-0.15, -0.1) is 11.3 Å². The lowest BCUT2D eigenvalue weighted by Gasteiger charge is -2.37. The van der Waals surface area contributed by atoms with Crippen LogP contribution in [0.25, 0.3) is 0 Å². The van der Waals surface area contributed by atoms with Crippen molar-refractivity contribution in [1.82, 2.24) is 20.3 Å². The highest BCUT2D eigenvalue weighted by Gasteiger charge is 2.38. The second kappa shape index (κ2) is 13.0. The molecule has 0 amide bonds. The van der Waals surface area contributed by atoms with E-state index in [2.05, 4.69) is 20.3 Å². The molecule has 0 bridgehead atoms. The number of nitrogens with zero attached hydrogens (tertiary/aromatic N) is 5. The summed E-state index contributed by atoms with van der Waals surface area (Å²) in [6, 6.07) is 1.20. The Hall–Kier alpha value is -4.17. The molecule has 5 rings (SSSR count). The number of anilines is 1. The summed E-state index contributed by atoms with van der Waals surface area (Å²) < 4.78 is 44.0. The Morgan fingerprint density at radius 3 is 2.58 bits per heavy atom. The molecule has 1 N–H and O–H groups in total. The smallest absolute Gasteiger partial charge is 0.362 e. The molecule has 3 aromatic rings. The average Bonchev–Trinajstić information content (AvgIpc) is 3.58. The summed E-state index contributed by atoms with van der Waals surface area (Å²) in [4.78, 5) is 45.3. The first-order chi connectivity index (χ1) is 20.8. The number of carbonyl (C=O) groups is 2. The zero-order chi connectivity index (χ0) is 30.7. The van der Waals surface area contributed by atoms with Gasteiger partial charge < -0.3 is 24.4 Å². The van der Waals surface area contributed by atoms with Crippen LogP contribution in [-0.4, -0.2) is 66.6 Å². The number of benzene rings is 1. The maximum atomic E-state index is 14.6. The third-order valence-corrected chi connectivity index (χ3v) is 8.25. The maximum Gasteiger partial charge on any atom is 0.362 e. The molecule has 2 aromatic heterocycles. The van der Waals surface area contributed by atoms with Crippen molar-refractivity contribution in [3.63, 3.8) is 0 Å². The summed E-state index contributed by atoms with van der Waals surface area (Å²) >= 11 is 7.61. The fraction of sp³-hybridized carbons (Fsp3) is 0.357. The van der Waals surface area contributed by atoms with E-state index in [1.54, 1.807) is 18.5 Å². The summed E-state index contributed by atoms with van der Waals surface area (Å²) in [7, 11) is 2.63. The highest BCUT2D eigenvalue weighted by molar-refractivity contribution is 7.11. The Morgan fingerprint density at radius 2 is 1.93 bits per heavy atom. The third-order valence-electron chi connectivity index (χ3n) is 7.09. The lowest BCUT2D eigenvalue weighted by atomic mass is 9.85. The van der Waals surface area contributed by atoms with Gasteiger partial charge in [-0.1, -0.05) is 17.7 Å². The second-order valence-corrected chi connectivity index (χ2v) is 10.8. The summed E-state index contributed by atoms with van der Waals surface area (Å²) in [5.41, 5.74) is 0.783. The Balaban J connectivity index is 1.52. The highest BCUT2D eigenvalue weighted by Crippen LogP contribution is 2.41. The SMILES string of the molecule is CCOC(=O)C1=C(C2CCN(c3cnc(OC)c(C(=O)OC)n3)CC2)NC(c2nccs2)=NC1c1ccc(F)c(F)c1Cl. The number of hydrogen-bond acceptors (Lipinski definition) is 12. The number of rotatable bonds is 8. The van der Waals surface area contributed by atoms with E-state index in [1.165, 1.54) is 37.8 Å². The fourth-order valence-electron chi connectivity index (χ4n) is 5.04. The van der Waals surface area contributed by atoms with Crippen LogP contribution in [0.3, 0.4) is 0 Å². The van der Waals surface area contributed by atoms with Crippen LogP contribution in [0.2, 0.25) is 5.02 Å². The van der Waals surface area contributed by atoms with E-state index < -0.39 is 34.6 Å². The number of esters is 2. The predicted octanol–water partition coefficient (Wildman–Crippen LogP) is 4.48. The monoisotopic (exact) mass is 632 g/mol. The number of allylic oxidation sites excluding steroid dienone is 1. The molecule has 0 radical (unpaired) electrons. The number of amidine groups is 1. The normalized spacial score (nSPS) is 17.3. The Kier molecular flexibility index (Phi) is 9.16. The number of halogens is 3. The Labute approximate surface area is 254 Å². The number of aliphatic imine (C=N–C) groups is 1. The zero-order valence-electron chi connectivity index (χ0n) is 23.4. The molecule has 0 spiro atoms. The van der Waals surface area contributed by atoms with Crippen LogP contribution in [-0.2, 0) is 14.3 Å². The molecule has 1 atom stereocenters. The predicted molar refractivity (Wildman–Crippen MR) is 154 cm³/mol. The van der Waals surface area contributed by atoms with E-state index in [4.69, 9.17) is 30.8 Å². The topological polar surface area (TPSA) is 128 Å². The minimum atomic E-state index is -1.23. The molecule has 1 saturated heterocycles. The van der Waals surface area contributed by atoms with Crippen LogP contribution in [0.1, 0.15) is 46.9 Å². The van der Waals surface area contributed by atoms with Crippen molar-refractivity contribution in [3.8, 4) is 5.88 Å². The molecule has 2 aliphatic heterocycles. The number of hydrogen-bond donors (Lipinski definition) is 1. The molecular weight excluding hydrogens is 606 g/mol. The second-order valence-electron chi connectivity index (χ2n) is 9.49. The minimum absolute atomic E-state index is 0.0403. The third kappa shape index (κ3) is 6.02. The first kappa shape index (κ1) is 30.3. The first-order valence-electron chi connectivity index (χ1n) is 13.3. The van der Waals surface area contributed by atoms with E-state index >= 15 is 0 Å². The highest BCUT2D eigenvalue weighted by atomic mass is 35.5. The average molecular weight is 633 g/mol. The van der Waals surface area contributed by atoms with Gasteiger partial charge in [-0.2, -0.15) is 0 Å². The van der Waals surface area contributed by atoms with E-state index in [-0.39, 0.29) is 35.2 Å². The van der Waals surface area contributed by atoms with Gasteiger partial charge in [0.2, 0.25) is 11.6 Å². The number of carbonyl (C=O) groups excluding carboxylic acids is 2. The van der Waals surface area contributed by atoms with E-state index in [0.717, 1.165) is 6.07 Å². The molecule has 11 nitrogen and oxygen atoms in total. The van der Waals surface area contributed by atoms with Gasteiger partial charge in [0.1, 0.15) is 11.9 Å². The van der Waals surface area contributed by atoms with E-state index in [0.29, 0.717) is 48.3 Å². The number of methoxy groups -OCH3 is 2. The quantitative estimate of drug-likeness (QED) is 0.280. The summed E-state index contributed by atoms with van der Waals surface area (Å²) in [5.74, 6) is -2.97. The van der Waals surface area contributed by atoms with Crippen LogP contribution in [0.4, 0.5) is 14.6 Å². The summed E-state index contributed by atoms with van der Waals surface area (Å²) in [6.45, 7) is 2.75. The van der Waals surface area contributed by atoms with Gasteiger partial charge in [0.15, 0.2) is 22.5 Å². The van der Waals surface area contributed by atoms with Crippen LogP contribution in [0.15, 0.2) is 46.2 Å². The standard InChI is InChI=1S/C28H27ClF2N6O5S/c1-4-42-27(38)18-21(14-7-10-37(11-8-14)17-13-33-25(40-2)23(34-17)28(39)41-3)35-24(26-32-9-12-43-26)36-22(18)15-5-6-16(30)20(31)19(15)29/h5-6,9,12-14,22H,4,7-8,10-11H2,1-3H3,(H,35,36). The molecule has 1 fully saturated rings. The van der Waals surface area contributed by atoms with Crippen molar-refractivity contribution < 1.29 is 32.6 Å². The lowest BCUT2D eigenvalue weighted by Crippen LogP contribution is -2.42. The molecule has 1 unspecified atom stereocenters. The molecule has 15 heteroatoms. The van der Waals surface area contributed by atoms with E-state index in [1.807, 2.05) is 4.90 Å². The number of ether oxygens (including phenoxy) is 3. The van der Waals surface area contributed by atoms with Gasteiger partial charge in [-0.05, 0) is 25.8 Å². The van der Waals surface area contributed by atoms with Crippen LogP contribution < -0.4 is 15.0 Å². The van der Waals surface area contributed by atoms with Crippen molar-refractivity contribution in [2.45, 2.75) is 25.8 Å². The molecule has 226 valence electrons. The lowest BCUT2D eigenvalue weighted by molar-refractivity contribution is -0.139. The number of nitrogens with one attached hydrogen (secondary N) is 1. The van der Waals surface area contributed by atoms with Gasteiger partial charge in [-0.25, -0.2) is 33.3 Å². The van der Waals surface area contributed by atoms with Crippen molar-refractivity contribution in [2.24, 2.45) is 10.9 Å². The van der Waals surface area contributed by atoms with Gasteiger partial charge in [0.05, 0.1) is 37.6 Å². The summed E-state index contributed by atoms with van der Waals surface area (Å²) in [5, 5.41) is 5.16. The molecule has 43 heavy (non-hydrogen) atoms. The first-order valence-corrected chi connectivity index (χ1v) is 14.6. The minimum Gasteiger partial charge on any atom is -0.479 e. The maximum absolute atomic E-state index is 14.6. The van der Waals surface area contributed by atoms with Gasteiger partial charge in [0.25, 0.3) is 0 Å². The molecule has 4 heterocycles. The van der Waals surface area contributed by atoms with E-state index in [9.17, 15) is 18.4 Å². The largest absolute Gasteiger partial charge is 0.479 e. The van der Waals surface area contributed by atoms with Crippen molar-refractivity contribution in [1.29, 1.82) is 0 Å². The fourth-order valence-corrected chi connectivity index (χ4v) is 5.89. The molecule has 0 aliphatic carbocycles.